The standard InChI is InChI=1S/C17H14Br2N2/c1-11-5-6-12(7-15(11)19)9-20-16-4-2-3-13-8-14(18)10-21-17(13)16/h2-8,10,20H,9H2,1H3. The predicted octanol–water partition coefficient (Wildman–Crippen LogP) is 5.68. The third-order valence-electron chi connectivity index (χ3n) is 3.40. The van der Waals surface area contributed by atoms with Crippen LogP contribution in [0, 0.1) is 6.92 Å². The molecule has 21 heavy (non-hydrogen) atoms. The summed E-state index contributed by atoms with van der Waals surface area (Å²) in [4.78, 5) is 4.51. The van der Waals surface area contributed by atoms with Gasteiger partial charge in [-0.05, 0) is 52.2 Å². The molecule has 0 aliphatic carbocycles. The van der Waals surface area contributed by atoms with E-state index in [1.165, 1.54) is 11.1 Å². The molecular formula is C17H14Br2N2. The Labute approximate surface area is 140 Å². The van der Waals surface area contributed by atoms with Crippen LogP contribution in [-0.2, 0) is 6.54 Å². The molecule has 0 spiro atoms. The molecule has 2 aromatic carbocycles. The Kier molecular flexibility index (Phi) is 4.27. The van der Waals surface area contributed by atoms with Gasteiger partial charge < -0.3 is 5.32 Å². The van der Waals surface area contributed by atoms with Gasteiger partial charge in [0.05, 0.1) is 11.2 Å². The minimum Gasteiger partial charge on any atom is -0.379 e. The number of aryl methyl sites for hydroxylation is 1. The van der Waals surface area contributed by atoms with Crippen LogP contribution < -0.4 is 5.32 Å². The summed E-state index contributed by atoms with van der Waals surface area (Å²) in [6.07, 6.45) is 1.83. The monoisotopic (exact) mass is 404 g/mol. The second kappa shape index (κ2) is 6.16. The lowest BCUT2D eigenvalue weighted by Crippen LogP contribution is -2.01. The fourth-order valence-electron chi connectivity index (χ4n) is 2.22. The van der Waals surface area contributed by atoms with Gasteiger partial charge in [-0.1, -0.05) is 40.2 Å². The second-order valence-corrected chi connectivity index (χ2v) is 6.74. The predicted molar refractivity (Wildman–Crippen MR) is 95.6 cm³/mol. The zero-order chi connectivity index (χ0) is 14.8. The number of pyridine rings is 1. The molecule has 0 fully saturated rings. The molecular weight excluding hydrogens is 392 g/mol. The van der Waals surface area contributed by atoms with Crippen molar-refractivity contribution in [3.8, 4) is 0 Å². The number of aromatic nitrogens is 1. The number of hydrogen-bond donors (Lipinski definition) is 1. The highest BCUT2D eigenvalue weighted by atomic mass is 79.9. The van der Waals surface area contributed by atoms with Gasteiger partial charge in [-0.3, -0.25) is 4.98 Å². The van der Waals surface area contributed by atoms with E-state index in [0.29, 0.717) is 0 Å². The van der Waals surface area contributed by atoms with Gasteiger partial charge in [0, 0.05) is 27.1 Å². The van der Waals surface area contributed by atoms with Crippen LogP contribution >= 0.6 is 31.9 Å². The van der Waals surface area contributed by atoms with Gasteiger partial charge in [0.2, 0.25) is 0 Å². The molecule has 0 radical (unpaired) electrons. The van der Waals surface area contributed by atoms with Crippen molar-refractivity contribution in [2.75, 3.05) is 5.32 Å². The molecule has 0 unspecified atom stereocenters. The molecule has 0 bridgehead atoms. The average Bonchev–Trinajstić information content (AvgIpc) is 2.48. The van der Waals surface area contributed by atoms with E-state index in [1.807, 2.05) is 12.3 Å². The Hall–Kier alpha value is -1.39. The summed E-state index contributed by atoms with van der Waals surface area (Å²) in [5.74, 6) is 0. The van der Waals surface area contributed by atoms with E-state index in [-0.39, 0.29) is 0 Å². The Bertz CT molecular complexity index is 800. The Morgan fingerprint density at radius 1 is 1.10 bits per heavy atom. The third-order valence-corrected chi connectivity index (χ3v) is 4.68. The number of halogens is 2. The number of anilines is 1. The Balaban J connectivity index is 1.86. The summed E-state index contributed by atoms with van der Waals surface area (Å²) in [6, 6.07) is 14.7. The third kappa shape index (κ3) is 3.27. The Morgan fingerprint density at radius 3 is 2.76 bits per heavy atom. The van der Waals surface area contributed by atoms with Crippen molar-refractivity contribution in [2.24, 2.45) is 0 Å². The lowest BCUT2D eigenvalue weighted by atomic mass is 10.1. The van der Waals surface area contributed by atoms with Crippen LogP contribution in [-0.4, -0.2) is 4.98 Å². The lowest BCUT2D eigenvalue weighted by Gasteiger charge is -2.10. The molecule has 0 saturated heterocycles. The largest absolute Gasteiger partial charge is 0.379 e. The fraction of sp³-hybridized carbons (Fsp3) is 0.118. The number of nitrogens with one attached hydrogen (secondary N) is 1. The van der Waals surface area contributed by atoms with Gasteiger partial charge in [0.25, 0.3) is 0 Å². The number of para-hydroxylation sites is 1. The van der Waals surface area contributed by atoms with Crippen molar-refractivity contribution >= 4 is 48.5 Å². The van der Waals surface area contributed by atoms with Gasteiger partial charge in [-0.2, -0.15) is 0 Å². The minimum atomic E-state index is 0.774. The first-order valence-electron chi connectivity index (χ1n) is 6.66. The summed E-state index contributed by atoms with van der Waals surface area (Å²) in [7, 11) is 0. The van der Waals surface area contributed by atoms with E-state index in [1.54, 1.807) is 0 Å². The van der Waals surface area contributed by atoms with Crippen molar-refractivity contribution in [2.45, 2.75) is 13.5 Å². The van der Waals surface area contributed by atoms with Gasteiger partial charge in [0.1, 0.15) is 0 Å². The highest BCUT2D eigenvalue weighted by molar-refractivity contribution is 9.10. The van der Waals surface area contributed by atoms with E-state index in [4.69, 9.17) is 0 Å². The van der Waals surface area contributed by atoms with E-state index in [9.17, 15) is 0 Å². The normalized spacial score (nSPS) is 10.8. The van der Waals surface area contributed by atoms with Gasteiger partial charge in [-0.25, -0.2) is 0 Å². The molecule has 106 valence electrons. The zero-order valence-corrected chi connectivity index (χ0v) is 14.7. The van der Waals surface area contributed by atoms with E-state index >= 15 is 0 Å². The molecule has 2 nitrogen and oxygen atoms in total. The quantitative estimate of drug-likeness (QED) is 0.606. The number of rotatable bonds is 3. The van der Waals surface area contributed by atoms with Crippen molar-refractivity contribution in [1.29, 1.82) is 0 Å². The minimum absolute atomic E-state index is 0.774. The molecule has 1 aromatic heterocycles. The van der Waals surface area contributed by atoms with Gasteiger partial charge in [0.15, 0.2) is 0 Å². The molecule has 0 aliphatic rings. The summed E-state index contributed by atoms with van der Waals surface area (Å²) in [5.41, 5.74) is 4.53. The second-order valence-electron chi connectivity index (χ2n) is 4.97. The summed E-state index contributed by atoms with van der Waals surface area (Å²) < 4.78 is 2.14. The first kappa shape index (κ1) is 14.5. The highest BCUT2D eigenvalue weighted by Crippen LogP contribution is 2.25. The number of nitrogens with zero attached hydrogens (tertiary/aromatic N) is 1. The lowest BCUT2D eigenvalue weighted by molar-refractivity contribution is 1.14. The summed E-state index contributed by atoms with van der Waals surface area (Å²) >= 11 is 7.03. The van der Waals surface area contributed by atoms with Crippen LogP contribution in [0.25, 0.3) is 10.9 Å². The first-order chi connectivity index (χ1) is 10.1. The van der Waals surface area contributed by atoms with Crippen molar-refractivity contribution < 1.29 is 0 Å². The highest BCUT2D eigenvalue weighted by Gasteiger charge is 2.03. The fourth-order valence-corrected chi connectivity index (χ4v) is 3.00. The molecule has 0 amide bonds. The molecule has 3 rings (SSSR count). The molecule has 3 aromatic rings. The van der Waals surface area contributed by atoms with Crippen LogP contribution in [0.2, 0.25) is 0 Å². The van der Waals surface area contributed by atoms with Crippen LogP contribution in [0.1, 0.15) is 11.1 Å². The van der Waals surface area contributed by atoms with Crippen LogP contribution in [0.3, 0.4) is 0 Å². The van der Waals surface area contributed by atoms with Gasteiger partial charge >= 0.3 is 0 Å². The van der Waals surface area contributed by atoms with Crippen molar-refractivity contribution in [3.63, 3.8) is 0 Å². The molecule has 4 heteroatoms. The van der Waals surface area contributed by atoms with Crippen LogP contribution in [0.15, 0.2) is 57.6 Å². The van der Waals surface area contributed by atoms with Crippen LogP contribution in [0.5, 0.6) is 0 Å². The SMILES string of the molecule is Cc1ccc(CNc2cccc3cc(Br)cnc23)cc1Br. The van der Waals surface area contributed by atoms with Crippen molar-refractivity contribution in [3.05, 3.63) is 68.7 Å². The smallest absolute Gasteiger partial charge is 0.0934 e. The molecule has 0 aliphatic heterocycles. The number of hydrogen-bond acceptors (Lipinski definition) is 2. The maximum Gasteiger partial charge on any atom is 0.0934 e. The molecule has 0 atom stereocenters. The summed E-state index contributed by atoms with van der Waals surface area (Å²) in [6.45, 7) is 2.86. The van der Waals surface area contributed by atoms with E-state index < -0.39 is 0 Å². The van der Waals surface area contributed by atoms with E-state index in [2.05, 4.69) is 85.5 Å². The maximum atomic E-state index is 4.51. The number of fused-ring (bicyclic) bond motifs is 1. The molecule has 1 heterocycles. The topological polar surface area (TPSA) is 24.9 Å². The van der Waals surface area contributed by atoms with Crippen molar-refractivity contribution in [1.82, 2.24) is 4.98 Å². The number of benzene rings is 2. The van der Waals surface area contributed by atoms with E-state index in [0.717, 1.165) is 32.1 Å². The Morgan fingerprint density at radius 2 is 1.95 bits per heavy atom. The van der Waals surface area contributed by atoms with Crippen LogP contribution in [0.4, 0.5) is 5.69 Å². The zero-order valence-electron chi connectivity index (χ0n) is 11.5. The molecule has 1 N–H and O–H groups in total. The molecule has 0 saturated carbocycles. The summed E-state index contributed by atoms with van der Waals surface area (Å²) in [5, 5.41) is 4.60. The van der Waals surface area contributed by atoms with Gasteiger partial charge in [-0.15, -0.1) is 0 Å². The average molecular weight is 406 g/mol. The first-order valence-corrected chi connectivity index (χ1v) is 8.25. The maximum absolute atomic E-state index is 4.51.